The van der Waals surface area contributed by atoms with Crippen LogP contribution in [0.25, 0.3) is 10.9 Å². The van der Waals surface area contributed by atoms with E-state index in [-0.39, 0.29) is 42.0 Å². The third kappa shape index (κ3) is 3.98. The summed E-state index contributed by atoms with van der Waals surface area (Å²) in [5, 5.41) is 0.489. The number of carbonyl (C=O) groups excluding carboxylic acids is 1. The lowest BCUT2D eigenvalue weighted by atomic mass is 10.2. The average molecular weight is 442 g/mol. The van der Waals surface area contributed by atoms with Crippen LogP contribution in [0.4, 0.5) is 0 Å². The first-order valence-electron chi connectivity index (χ1n) is 8.45. The maximum absolute atomic E-state index is 12.6. The van der Waals surface area contributed by atoms with Crippen molar-refractivity contribution in [1.82, 2.24) is 14.5 Å². The number of fused-ring (bicyclic) bond motifs is 1. The third-order valence-electron chi connectivity index (χ3n) is 4.66. The van der Waals surface area contributed by atoms with Crippen LogP contribution in [-0.2, 0) is 21.2 Å². The number of hydrogen-bond acceptors (Lipinski definition) is 5. The van der Waals surface area contributed by atoms with Gasteiger partial charge in [0, 0.05) is 30.0 Å². The summed E-state index contributed by atoms with van der Waals surface area (Å²) in [5.41, 5.74) is 0.405. The summed E-state index contributed by atoms with van der Waals surface area (Å²) in [6.07, 6.45) is 2.06. The molecule has 1 unspecified atom stereocenters. The fourth-order valence-electron chi connectivity index (χ4n) is 3.31. The van der Waals surface area contributed by atoms with E-state index in [1.165, 1.54) is 10.9 Å². The molecule has 1 aliphatic rings. The van der Waals surface area contributed by atoms with Gasteiger partial charge in [0.25, 0.3) is 5.56 Å². The van der Waals surface area contributed by atoms with Gasteiger partial charge in [0.05, 0.1) is 28.7 Å². The molecule has 1 aromatic carbocycles. The Kier molecular flexibility index (Phi) is 5.47. The van der Waals surface area contributed by atoms with Gasteiger partial charge in [-0.1, -0.05) is 15.9 Å². The van der Waals surface area contributed by atoms with Crippen LogP contribution in [0, 0.1) is 0 Å². The van der Waals surface area contributed by atoms with Crippen LogP contribution < -0.4 is 5.56 Å². The molecule has 2 heterocycles. The van der Waals surface area contributed by atoms with Crippen LogP contribution in [0.5, 0.6) is 0 Å². The predicted octanol–water partition coefficient (Wildman–Crippen LogP) is 1.58. The zero-order valence-electron chi connectivity index (χ0n) is 14.4. The number of benzene rings is 1. The lowest BCUT2D eigenvalue weighted by Gasteiger charge is -2.27. The number of rotatable bonds is 5. The fraction of sp³-hybridized carbons (Fsp3) is 0.471. The number of sulfone groups is 1. The van der Waals surface area contributed by atoms with Gasteiger partial charge < -0.3 is 4.90 Å². The van der Waals surface area contributed by atoms with E-state index in [4.69, 9.17) is 0 Å². The summed E-state index contributed by atoms with van der Waals surface area (Å²) in [7, 11) is -3.05. The first-order chi connectivity index (χ1) is 12.3. The Morgan fingerprint density at radius 1 is 1.42 bits per heavy atom. The summed E-state index contributed by atoms with van der Waals surface area (Å²) in [6, 6.07) is 5.03. The van der Waals surface area contributed by atoms with Crippen LogP contribution >= 0.6 is 15.9 Å². The van der Waals surface area contributed by atoms with Crippen molar-refractivity contribution in [3.05, 3.63) is 39.4 Å². The second-order valence-electron chi connectivity index (χ2n) is 6.39. The Morgan fingerprint density at radius 3 is 2.85 bits per heavy atom. The molecule has 0 radical (unpaired) electrons. The van der Waals surface area contributed by atoms with Crippen molar-refractivity contribution in [1.29, 1.82) is 0 Å². The minimum Gasteiger partial charge on any atom is -0.339 e. The highest BCUT2D eigenvalue weighted by Gasteiger charge is 2.33. The molecule has 7 nitrogen and oxygen atoms in total. The van der Waals surface area contributed by atoms with E-state index in [0.29, 0.717) is 23.9 Å². The van der Waals surface area contributed by atoms with E-state index >= 15 is 0 Å². The second-order valence-corrected chi connectivity index (χ2v) is 9.54. The predicted molar refractivity (Wildman–Crippen MR) is 103 cm³/mol. The van der Waals surface area contributed by atoms with E-state index in [9.17, 15) is 18.0 Å². The summed E-state index contributed by atoms with van der Waals surface area (Å²) in [6.45, 7) is 2.50. The number of hydrogen-bond donors (Lipinski definition) is 0. The summed E-state index contributed by atoms with van der Waals surface area (Å²) >= 11 is 3.34. The molecule has 1 atom stereocenters. The Morgan fingerprint density at radius 2 is 2.19 bits per heavy atom. The van der Waals surface area contributed by atoms with Crippen molar-refractivity contribution in [3.63, 3.8) is 0 Å². The normalized spacial score (nSPS) is 18.9. The smallest absolute Gasteiger partial charge is 0.261 e. The van der Waals surface area contributed by atoms with Crippen molar-refractivity contribution < 1.29 is 13.2 Å². The molecular formula is C17H20BrN3O4S. The van der Waals surface area contributed by atoms with Gasteiger partial charge in [-0.15, -0.1) is 0 Å². The first-order valence-corrected chi connectivity index (χ1v) is 11.1. The molecule has 26 heavy (non-hydrogen) atoms. The topological polar surface area (TPSA) is 89.3 Å². The van der Waals surface area contributed by atoms with Gasteiger partial charge in [-0.25, -0.2) is 13.4 Å². The molecular weight excluding hydrogens is 422 g/mol. The number of carbonyl (C=O) groups is 1. The van der Waals surface area contributed by atoms with E-state index < -0.39 is 9.84 Å². The molecule has 3 rings (SSSR count). The van der Waals surface area contributed by atoms with Crippen LogP contribution in [0.2, 0.25) is 0 Å². The van der Waals surface area contributed by atoms with E-state index in [2.05, 4.69) is 20.9 Å². The summed E-state index contributed by atoms with van der Waals surface area (Å²) < 4.78 is 25.5. The lowest BCUT2D eigenvalue weighted by molar-refractivity contribution is -0.133. The maximum Gasteiger partial charge on any atom is 0.261 e. The highest BCUT2D eigenvalue weighted by molar-refractivity contribution is 9.10. The molecule has 2 aromatic rings. The van der Waals surface area contributed by atoms with E-state index in [0.717, 1.165) is 4.47 Å². The van der Waals surface area contributed by atoms with E-state index in [1.54, 1.807) is 17.0 Å². The number of aryl methyl sites for hydroxylation is 1. The monoisotopic (exact) mass is 441 g/mol. The van der Waals surface area contributed by atoms with Crippen molar-refractivity contribution in [2.45, 2.75) is 32.4 Å². The molecule has 0 bridgehead atoms. The van der Waals surface area contributed by atoms with Crippen molar-refractivity contribution in [2.75, 3.05) is 18.1 Å². The average Bonchev–Trinajstić information content (AvgIpc) is 2.95. The van der Waals surface area contributed by atoms with Gasteiger partial charge in [-0.05, 0) is 31.5 Å². The largest absolute Gasteiger partial charge is 0.339 e. The zero-order valence-corrected chi connectivity index (χ0v) is 16.8. The van der Waals surface area contributed by atoms with Crippen LogP contribution in [-0.4, -0.2) is 52.9 Å². The molecule has 1 aliphatic heterocycles. The molecule has 1 fully saturated rings. The number of halogens is 1. The van der Waals surface area contributed by atoms with Gasteiger partial charge in [-0.3, -0.25) is 14.2 Å². The van der Waals surface area contributed by atoms with Crippen LogP contribution in [0.1, 0.15) is 19.8 Å². The molecule has 1 aromatic heterocycles. The van der Waals surface area contributed by atoms with Crippen molar-refractivity contribution >= 4 is 42.6 Å². The first kappa shape index (κ1) is 19.0. The Bertz CT molecular complexity index is 1000. The second kappa shape index (κ2) is 7.48. The number of amides is 1. The highest BCUT2D eigenvalue weighted by Crippen LogP contribution is 2.19. The SMILES string of the molecule is CCN(C(=O)CCn1cnc2ccc(Br)cc2c1=O)C1CCS(=O)(=O)C1. The Hall–Kier alpha value is -1.74. The highest BCUT2D eigenvalue weighted by atomic mass is 79.9. The summed E-state index contributed by atoms with van der Waals surface area (Å²) in [5.74, 6) is 0.0125. The van der Waals surface area contributed by atoms with Crippen molar-refractivity contribution in [3.8, 4) is 0 Å². The molecule has 1 amide bonds. The molecule has 0 saturated carbocycles. The number of aromatic nitrogens is 2. The fourth-order valence-corrected chi connectivity index (χ4v) is 5.40. The van der Waals surface area contributed by atoms with Gasteiger partial charge in [0.15, 0.2) is 9.84 Å². The summed E-state index contributed by atoms with van der Waals surface area (Å²) in [4.78, 5) is 31.0. The minimum atomic E-state index is -3.05. The maximum atomic E-state index is 12.6. The zero-order chi connectivity index (χ0) is 18.9. The molecule has 9 heteroatoms. The Balaban J connectivity index is 1.74. The molecule has 0 spiro atoms. The van der Waals surface area contributed by atoms with Gasteiger partial charge >= 0.3 is 0 Å². The molecule has 1 saturated heterocycles. The van der Waals surface area contributed by atoms with E-state index in [1.807, 2.05) is 13.0 Å². The third-order valence-corrected chi connectivity index (χ3v) is 6.91. The van der Waals surface area contributed by atoms with Crippen molar-refractivity contribution in [2.24, 2.45) is 0 Å². The molecule has 0 N–H and O–H groups in total. The quantitative estimate of drug-likeness (QED) is 0.702. The Labute approximate surface area is 160 Å². The molecule has 140 valence electrons. The minimum absolute atomic E-state index is 0.0259. The standard InChI is InChI=1S/C17H20BrN3O4S/c1-2-21(13-6-8-26(24,25)10-13)16(22)5-7-20-11-19-15-4-3-12(18)9-14(15)17(20)23/h3-4,9,11,13H,2,5-8,10H2,1H3. The van der Waals surface area contributed by atoms with Gasteiger partial charge in [0.2, 0.25) is 5.91 Å². The molecule has 0 aliphatic carbocycles. The van der Waals surface area contributed by atoms with Gasteiger partial charge in [0.1, 0.15) is 0 Å². The van der Waals surface area contributed by atoms with Crippen LogP contribution in [0.15, 0.2) is 33.8 Å². The number of nitrogens with zero attached hydrogens (tertiary/aromatic N) is 3. The lowest BCUT2D eigenvalue weighted by Crippen LogP contribution is -2.41. The van der Waals surface area contributed by atoms with Crippen LogP contribution in [0.3, 0.4) is 0 Å². The van der Waals surface area contributed by atoms with Gasteiger partial charge in [-0.2, -0.15) is 0 Å².